The Hall–Kier alpha value is -6.34. The van der Waals surface area contributed by atoms with Crippen molar-refractivity contribution in [2.45, 2.75) is 46.0 Å². The maximum atomic E-state index is 8.18. The number of nitrogens with one attached hydrogen (secondary N) is 2. The lowest BCUT2D eigenvalue weighted by molar-refractivity contribution is 0.323. The predicted octanol–water partition coefficient (Wildman–Crippen LogP) is 8.79. The molecule has 0 spiro atoms. The van der Waals surface area contributed by atoms with Crippen molar-refractivity contribution in [2.75, 3.05) is 48.4 Å². The lowest BCUT2D eigenvalue weighted by atomic mass is 10.1. The minimum Gasteiger partial charge on any atom is -0.493 e. The average molecular weight is 944 g/mol. The first-order chi connectivity index (χ1) is 31.0. The Kier molecular flexibility index (Phi) is 14.9. The number of anilines is 1. The number of nitrogens with zero attached hydrogens (tertiary/aromatic N) is 7. The highest BCUT2D eigenvalue weighted by atomic mass is 35.5. The van der Waals surface area contributed by atoms with Crippen LogP contribution in [0.4, 0.5) is 5.82 Å². The van der Waals surface area contributed by atoms with Gasteiger partial charge in [-0.15, -0.1) is 0 Å². The maximum absolute atomic E-state index is 8.18. The van der Waals surface area contributed by atoms with Gasteiger partial charge in [0.1, 0.15) is 11.8 Å². The summed E-state index contributed by atoms with van der Waals surface area (Å²) in [5, 5.41) is 11.0. The molecule has 0 aliphatic heterocycles. The molecule has 0 aliphatic carbocycles. The molecule has 4 aromatic carbocycles. The van der Waals surface area contributed by atoms with Crippen LogP contribution in [0, 0.1) is 5.41 Å². The number of imidazole rings is 2. The number of H-pyrrole nitrogens is 1. The van der Waals surface area contributed by atoms with Gasteiger partial charge < -0.3 is 48.3 Å². The lowest BCUT2D eigenvalue weighted by Gasteiger charge is -2.14. The number of aromatic nitrogens is 8. The van der Waals surface area contributed by atoms with Crippen molar-refractivity contribution in [1.29, 1.82) is 5.41 Å². The molecule has 4 heterocycles. The summed E-state index contributed by atoms with van der Waals surface area (Å²) in [5.74, 6) is 3.66. The molecule has 8 aromatic rings. The summed E-state index contributed by atoms with van der Waals surface area (Å²) < 4.78 is 36.6. The zero-order valence-electron chi connectivity index (χ0n) is 35.6. The lowest BCUT2D eigenvalue weighted by Crippen LogP contribution is -2.13. The molecule has 0 aliphatic rings. The Balaban J connectivity index is 0.000000191. The third-order valence-corrected chi connectivity index (χ3v) is 12.1. The molecule has 332 valence electrons. The van der Waals surface area contributed by atoms with Crippen LogP contribution >= 0.6 is 46.7 Å². The van der Waals surface area contributed by atoms with Crippen LogP contribution < -0.4 is 39.6 Å². The van der Waals surface area contributed by atoms with Gasteiger partial charge in [0.15, 0.2) is 61.4 Å². The van der Waals surface area contributed by atoms with Gasteiger partial charge in [-0.1, -0.05) is 71.0 Å². The van der Waals surface area contributed by atoms with Crippen molar-refractivity contribution in [3.63, 3.8) is 0 Å². The fraction of sp³-hybridized carbons (Fsp3) is 0.227. The highest BCUT2D eigenvalue weighted by molar-refractivity contribution is 7.99. The number of ether oxygens (including phenoxy) is 6. The first-order valence-electron chi connectivity index (χ1n) is 19.5. The van der Waals surface area contributed by atoms with Gasteiger partial charge in [-0.05, 0) is 72.5 Å². The van der Waals surface area contributed by atoms with Crippen LogP contribution in [0.5, 0.6) is 34.5 Å². The van der Waals surface area contributed by atoms with Gasteiger partial charge >= 0.3 is 0 Å². The predicted molar refractivity (Wildman–Crippen MR) is 248 cm³/mol. The van der Waals surface area contributed by atoms with Crippen molar-refractivity contribution < 1.29 is 28.4 Å². The van der Waals surface area contributed by atoms with Crippen molar-refractivity contribution >= 4 is 74.9 Å². The molecule has 20 heteroatoms. The monoisotopic (exact) mass is 942 g/mol. The Morgan fingerprint density at radius 3 is 1.67 bits per heavy atom. The van der Waals surface area contributed by atoms with E-state index in [1.54, 1.807) is 49.0 Å². The molecule has 8 rings (SSSR count). The van der Waals surface area contributed by atoms with Crippen LogP contribution in [0.25, 0.3) is 22.3 Å². The molecule has 0 radical (unpaired) electrons. The second kappa shape index (κ2) is 20.9. The van der Waals surface area contributed by atoms with Gasteiger partial charge in [0.25, 0.3) is 0 Å². The Morgan fingerprint density at radius 2 is 1.16 bits per heavy atom. The van der Waals surface area contributed by atoms with E-state index in [1.165, 1.54) is 29.9 Å². The topological polar surface area (TPSA) is 195 Å². The highest BCUT2D eigenvalue weighted by Crippen LogP contribution is 2.44. The highest BCUT2D eigenvalue weighted by Gasteiger charge is 2.20. The van der Waals surface area contributed by atoms with E-state index in [4.69, 9.17) is 72.7 Å². The smallest absolute Gasteiger partial charge is 0.203 e. The van der Waals surface area contributed by atoms with Crippen LogP contribution in [0.2, 0.25) is 10.0 Å². The zero-order valence-corrected chi connectivity index (χ0v) is 38.8. The van der Waals surface area contributed by atoms with E-state index >= 15 is 0 Å². The molecule has 0 saturated heterocycles. The summed E-state index contributed by atoms with van der Waals surface area (Å²) in [6.45, 7) is 1.33. The minimum atomic E-state index is 0.145. The summed E-state index contributed by atoms with van der Waals surface area (Å²) in [7, 11) is 9.47. The molecule has 0 unspecified atom stereocenters. The summed E-state index contributed by atoms with van der Waals surface area (Å²) in [6, 6.07) is 23.0. The molecule has 4 aromatic heterocycles. The molecule has 0 fully saturated rings. The number of nitrogens with two attached hydrogens (primary N) is 1. The van der Waals surface area contributed by atoms with E-state index < -0.39 is 0 Å². The van der Waals surface area contributed by atoms with Crippen LogP contribution in [-0.4, -0.2) is 81.7 Å². The van der Waals surface area contributed by atoms with E-state index in [0.717, 1.165) is 38.9 Å². The van der Waals surface area contributed by atoms with Gasteiger partial charge in [-0.2, -0.15) is 0 Å². The molecule has 0 bridgehead atoms. The van der Waals surface area contributed by atoms with Gasteiger partial charge in [0, 0.05) is 32.9 Å². The number of nitrogen functional groups attached to an aromatic ring is 1. The van der Waals surface area contributed by atoms with Gasteiger partial charge in [0.05, 0.1) is 49.0 Å². The number of hydrogen-bond acceptors (Lipinski definition) is 15. The van der Waals surface area contributed by atoms with Crippen molar-refractivity contribution in [2.24, 2.45) is 0 Å². The summed E-state index contributed by atoms with van der Waals surface area (Å²) >= 11 is 14.8. The number of methoxy groups -OCH3 is 6. The molecule has 0 atom stereocenters. The molecule has 0 amide bonds. The second-order valence-electron chi connectivity index (χ2n) is 13.7. The van der Waals surface area contributed by atoms with Crippen molar-refractivity contribution in [3.8, 4) is 34.5 Å². The summed E-state index contributed by atoms with van der Waals surface area (Å²) in [6.07, 6.45) is 4.66. The van der Waals surface area contributed by atoms with Crippen molar-refractivity contribution in [1.82, 2.24) is 39.0 Å². The second-order valence-corrected chi connectivity index (χ2v) is 16.7. The normalized spacial score (nSPS) is 11.0. The van der Waals surface area contributed by atoms with Gasteiger partial charge in [0.2, 0.25) is 11.5 Å². The number of aryl methyl sites for hydroxylation is 4. The number of rotatable bonds is 16. The Morgan fingerprint density at radius 1 is 0.641 bits per heavy atom. The largest absolute Gasteiger partial charge is 0.493 e. The molecule has 0 saturated carbocycles. The molecule has 4 N–H and O–H groups in total. The van der Waals surface area contributed by atoms with E-state index in [-0.39, 0.29) is 5.49 Å². The Labute approximate surface area is 386 Å². The number of halogens is 2. The van der Waals surface area contributed by atoms with E-state index in [2.05, 4.69) is 19.9 Å². The number of benzene rings is 4. The molecular formula is C44H44Cl2N10O6S2. The zero-order chi connectivity index (χ0) is 45.3. The number of aromatic amines is 1. The van der Waals surface area contributed by atoms with E-state index in [1.807, 2.05) is 81.9 Å². The van der Waals surface area contributed by atoms with Crippen LogP contribution in [-0.2, 0) is 25.9 Å². The van der Waals surface area contributed by atoms with Crippen LogP contribution in [0.15, 0.2) is 106 Å². The summed E-state index contributed by atoms with van der Waals surface area (Å²) in [4.78, 5) is 27.1. The average Bonchev–Trinajstić information content (AvgIpc) is 3.90. The number of hydrogen-bond donors (Lipinski definition) is 3. The minimum absolute atomic E-state index is 0.145. The van der Waals surface area contributed by atoms with E-state index in [0.29, 0.717) is 90.9 Å². The van der Waals surface area contributed by atoms with Gasteiger partial charge in [-0.25, -0.2) is 24.9 Å². The van der Waals surface area contributed by atoms with Crippen LogP contribution in [0.3, 0.4) is 0 Å². The van der Waals surface area contributed by atoms with Crippen LogP contribution in [0.1, 0.15) is 11.1 Å². The maximum Gasteiger partial charge on any atom is 0.203 e. The molecular weight excluding hydrogens is 900 g/mol. The number of fused-ring (bicyclic) bond motifs is 2. The fourth-order valence-corrected chi connectivity index (χ4v) is 8.69. The van der Waals surface area contributed by atoms with Gasteiger partial charge in [-0.3, -0.25) is 5.41 Å². The van der Waals surface area contributed by atoms with E-state index in [9.17, 15) is 0 Å². The quantitative estimate of drug-likeness (QED) is 0.0831. The van der Waals surface area contributed by atoms with Crippen molar-refractivity contribution in [3.05, 3.63) is 112 Å². The fourth-order valence-electron chi connectivity index (χ4n) is 6.63. The first-order valence-corrected chi connectivity index (χ1v) is 21.9. The summed E-state index contributed by atoms with van der Waals surface area (Å²) in [5.41, 5.74) is 11.0. The third-order valence-electron chi connectivity index (χ3n) is 9.82. The third kappa shape index (κ3) is 10.4. The molecule has 64 heavy (non-hydrogen) atoms. The Bertz CT molecular complexity index is 2900. The first kappa shape index (κ1) is 45.7. The molecule has 16 nitrogen and oxygen atoms in total. The standard InChI is InChI=1S/2C22H22ClN5O3S/c1-29-16-10-15(11-17(30-2)19(16)31-3)32-22-26-18-20(24)25-12-28(21(18)27-22)9-8-13-4-6-14(23)7-5-13;1-29-16-10-15(11-17(30-2)19(16)31-3)32-22-27-18-20(24)25-12-26-21(18)28(22)9-8-13-4-6-14(23)7-5-13/h4-7,10-12,24H,8-9H2,1-3H3,(H,26,27);4-7,10-12H,8-9H2,1-3H3,(H2,24,25,26). The SMILES string of the molecule is COc1cc(Sc2nc3c(N)ncnc3n2CCc2ccc(Cl)cc2)cc(OC)c1OC.COc1cc(Sc2nc3c([nH]2)c(=N)ncn3CCc2ccc(Cl)cc2)cc(OC)c1OC.